The van der Waals surface area contributed by atoms with Crippen LogP contribution in [-0.4, -0.2) is 26.2 Å². The summed E-state index contributed by atoms with van der Waals surface area (Å²) in [6, 6.07) is 1.66. The zero-order chi connectivity index (χ0) is 11.8. The molecular formula is C11H14O4S. The molecule has 1 aliphatic heterocycles. The number of aldehydes is 1. The van der Waals surface area contributed by atoms with Gasteiger partial charge in [-0.3, -0.25) is 4.79 Å². The Labute approximate surface area is 94.6 Å². The Balaban J connectivity index is 2.33. The monoisotopic (exact) mass is 242 g/mol. The highest BCUT2D eigenvalue weighted by atomic mass is 32.2. The molecule has 4 nitrogen and oxygen atoms in total. The molecule has 0 bridgehead atoms. The third-order valence-corrected chi connectivity index (χ3v) is 4.70. The third kappa shape index (κ3) is 2.19. The fourth-order valence-electron chi connectivity index (χ4n) is 2.19. The quantitative estimate of drug-likeness (QED) is 0.740. The van der Waals surface area contributed by atoms with Crippen molar-refractivity contribution < 1.29 is 17.6 Å². The van der Waals surface area contributed by atoms with Gasteiger partial charge in [-0.2, -0.15) is 0 Å². The van der Waals surface area contributed by atoms with E-state index in [0.717, 1.165) is 12.7 Å². The van der Waals surface area contributed by atoms with E-state index in [2.05, 4.69) is 0 Å². The molecule has 1 saturated heterocycles. The van der Waals surface area contributed by atoms with E-state index < -0.39 is 9.84 Å². The predicted octanol–water partition coefficient (Wildman–Crippen LogP) is 1.69. The van der Waals surface area contributed by atoms with E-state index in [1.54, 1.807) is 13.0 Å². The normalized spacial score (nSPS) is 24.2. The van der Waals surface area contributed by atoms with Crippen LogP contribution < -0.4 is 0 Å². The first-order valence-electron chi connectivity index (χ1n) is 5.28. The molecule has 1 aromatic heterocycles. The number of aryl methyl sites for hydroxylation is 1. The molecule has 1 aromatic rings. The molecule has 1 aliphatic rings. The number of carbonyl (C=O) groups is 1. The van der Waals surface area contributed by atoms with Crippen LogP contribution in [-0.2, 0) is 9.84 Å². The van der Waals surface area contributed by atoms with Gasteiger partial charge in [0.15, 0.2) is 16.1 Å². The van der Waals surface area contributed by atoms with E-state index in [4.69, 9.17) is 4.42 Å². The maximum Gasteiger partial charge on any atom is 0.153 e. The Morgan fingerprint density at radius 2 is 2.25 bits per heavy atom. The Morgan fingerprint density at radius 1 is 1.50 bits per heavy atom. The Kier molecular flexibility index (Phi) is 2.88. The third-order valence-electron chi connectivity index (χ3n) is 2.88. The molecule has 2 heterocycles. The van der Waals surface area contributed by atoms with Crippen molar-refractivity contribution in [3.8, 4) is 0 Å². The average molecular weight is 242 g/mol. The van der Waals surface area contributed by atoms with Crippen LogP contribution >= 0.6 is 0 Å². The maximum absolute atomic E-state index is 11.5. The first-order valence-corrected chi connectivity index (χ1v) is 7.10. The first kappa shape index (κ1) is 11.4. The van der Waals surface area contributed by atoms with Crippen LogP contribution in [0, 0.1) is 6.92 Å². The van der Waals surface area contributed by atoms with Gasteiger partial charge in [-0.05, 0) is 25.8 Å². The second-order valence-electron chi connectivity index (χ2n) is 4.25. The highest BCUT2D eigenvalue weighted by Crippen LogP contribution is 2.31. The molecule has 0 N–H and O–H groups in total. The lowest BCUT2D eigenvalue weighted by atomic mass is 10.00. The van der Waals surface area contributed by atoms with E-state index in [9.17, 15) is 13.2 Å². The molecule has 5 heteroatoms. The molecule has 1 unspecified atom stereocenters. The molecule has 0 amide bonds. The minimum Gasteiger partial charge on any atom is -0.465 e. The summed E-state index contributed by atoms with van der Waals surface area (Å²) < 4.78 is 28.5. The molecule has 88 valence electrons. The van der Waals surface area contributed by atoms with E-state index >= 15 is 0 Å². The zero-order valence-electron chi connectivity index (χ0n) is 9.10. The van der Waals surface area contributed by atoms with Crippen LogP contribution in [0.5, 0.6) is 0 Å². The van der Waals surface area contributed by atoms with Crippen LogP contribution in [0.3, 0.4) is 0 Å². The summed E-state index contributed by atoms with van der Waals surface area (Å²) in [5.74, 6) is 1.38. The van der Waals surface area contributed by atoms with Gasteiger partial charge in [-0.1, -0.05) is 0 Å². The van der Waals surface area contributed by atoms with Crippen molar-refractivity contribution in [2.45, 2.75) is 25.7 Å². The fourth-order valence-corrected chi connectivity index (χ4v) is 3.90. The topological polar surface area (TPSA) is 64.3 Å². The van der Waals surface area contributed by atoms with Gasteiger partial charge >= 0.3 is 0 Å². The van der Waals surface area contributed by atoms with Gasteiger partial charge in [-0.25, -0.2) is 8.42 Å². The molecule has 2 rings (SSSR count). The minimum absolute atomic E-state index is 0.0980. The predicted molar refractivity (Wildman–Crippen MR) is 59.5 cm³/mol. The fraction of sp³-hybridized carbons (Fsp3) is 0.545. The van der Waals surface area contributed by atoms with E-state index in [-0.39, 0.29) is 17.4 Å². The van der Waals surface area contributed by atoms with E-state index in [0.29, 0.717) is 23.5 Å². The summed E-state index contributed by atoms with van der Waals surface area (Å²) in [5, 5.41) is 0. The van der Waals surface area contributed by atoms with Crippen LogP contribution in [0.15, 0.2) is 10.5 Å². The molecule has 16 heavy (non-hydrogen) atoms. The number of rotatable bonds is 2. The van der Waals surface area contributed by atoms with Crippen molar-refractivity contribution >= 4 is 16.1 Å². The van der Waals surface area contributed by atoms with E-state index in [1.807, 2.05) is 0 Å². The summed E-state index contributed by atoms with van der Waals surface area (Å²) in [6.07, 6.45) is 2.14. The molecule has 0 radical (unpaired) electrons. The Hall–Kier alpha value is -1.10. The van der Waals surface area contributed by atoms with Gasteiger partial charge in [-0.15, -0.1) is 0 Å². The number of sulfone groups is 1. The Bertz CT molecular complexity index is 498. The van der Waals surface area contributed by atoms with Crippen molar-refractivity contribution in [3.05, 3.63) is 23.2 Å². The van der Waals surface area contributed by atoms with Gasteiger partial charge in [0.2, 0.25) is 0 Å². The minimum atomic E-state index is -2.97. The van der Waals surface area contributed by atoms with Crippen LogP contribution in [0.1, 0.15) is 40.6 Å². The molecule has 1 fully saturated rings. The van der Waals surface area contributed by atoms with Crippen molar-refractivity contribution in [2.75, 3.05) is 11.5 Å². The van der Waals surface area contributed by atoms with Crippen molar-refractivity contribution in [1.82, 2.24) is 0 Å². The molecule has 0 aliphatic carbocycles. The lowest BCUT2D eigenvalue weighted by Crippen LogP contribution is -2.23. The Morgan fingerprint density at radius 3 is 2.88 bits per heavy atom. The molecule has 0 saturated carbocycles. The van der Waals surface area contributed by atoms with Gasteiger partial charge in [0.1, 0.15) is 11.5 Å². The van der Waals surface area contributed by atoms with Crippen LogP contribution in [0.4, 0.5) is 0 Å². The summed E-state index contributed by atoms with van der Waals surface area (Å²) in [4.78, 5) is 10.8. The SMILES string of the molecule is Cc1cc(C=O)c(C2CCCS(=O)(=O)C2)o1. The number of carbonyl (C=O) groups excluding carboxylic acids is 1. The summed E-state index contributed by atoms with van der Waals surface area (Å²) in [5.41, 5.74) is 0.486. The lowest BCUT2D eigenvalue weighted by Gasteiger charge is -2.20. The maximum atomic E-state index is 11.5. The summed E-state index contributed by atoms with van der Waals surface area (Å²) >= 11 is 0. The van der Waals surface area contributed by atoms with Gasteiger partial charge in [0, 0.05) is 5.92 Å². The average Bonchev–Trinajstić information content (AvgIpc) is 2.58. The molecule has 0 spiro atoms. The van der Waals surface area contributed by atoms with E-state index in [1.165, 1.54) is 0 Å². The molecular weight excluding hydrogens is 228 g/mol. The summed E-state index contributed by atoms with van der Waals surface area (Å²) in [6.45, 7) is 1.76. The first-order chi connectivity index (χ1) is 7.52. The van der Waals surface area contributed by atoms with Gasteiger partial charge in [0.05, 0.1) is 17.1 Å². The second kappa shape index (κ2) is 4.05. The smallest absolute Gasteiger partial charge is 0.153 e. The van der Waals surface area contributed by atoms with Gasteiger partial charge < -0.3 is 4.42 Å². The highest BCUT2D eigenvalue weighted by Gasteiger charge is 2.29. The lowest BCUT2D eigenvalue weighted by molar-refractivity contribution is 0.112. The van der Waals surface area contributed by atoms with Crippen LogP contribution in [0.25, 0.3) is 0 Å². The molecule has 1 atom stereocenters. The molecule has 0 aromatic carbocycles. The number of hydrogen-bond donors (Lipinski definition) is 0. The number of furan rings is 1. The second-order valence-corrected chi connectivity index (χ2v) is 6.48. The largest absolute Gasteiger partial charge is 0.465 e. The van der Waals surface area contributed by atoms with Crippen molar-refractivity contribution in [2.24, 2.45) is 0 Å². The van der Waals surface area contributed by atoms with Gasteiger partial charge in [0.25, 0.3) is 0 Å². The van der Waals surface area contributed by atoms with Crippen LogP contribution in [0.2, 0.25) is 0 Å². The standard InChI is InChI=1S/C11H14O4S/c1-8-5-10(6-12)11(15-8)9-3-2-4-16(13,14)7-9/h5-6,9H,2-4,7H2,1H3. The van der Waals surface area contributed by atoms with Crippen molar-refractivity contribution in [3.63, 3.8) is 0 Å². The zero-order valence-corrected chi connectivity index (χ0v) is 9.92. The highest BCUT2D eigenvalue weighted by molar-refractivity contribution is 7.91. The number of hydrogen-bond acceptors (Lipinski definition) is 4. The van der Waals surface area contributed by atoms with Crippen molar-refractivity contribution in [1.29, 1.82) is 0 Å². The summed E-state index contributed by atoms with van der Waals surface area (Å²) in [7, 11) is -2.97.